The minimum atomic E-state index is -0.447. The minimum absolute atomic E-state index is 0.0776. The average molecular weight is 262 g/mol. The highest BCUT2D eigenvalue weighted by molar-refractivity contribution is 6.05. The van der Waals surface area contributed by atoms with E-state index in [4.69, 9.17) is 0 Å². The zero-order chi connectivity index (χ0) is 14.7. The fraction of sp³-hybridized carbons (Fsp3) is 0.214. The number of hydrogen-bond donors (Lipinski definition) is 2. The van der Waals surface area contributed by atoms with E-state index in [0.29, 0.717) is 0 Å². The fourth-order valence-electron chi connectivity index (χ4n) is 1.59. The Labute approximate surface area is 110 Å². The summed E-state index contributed by atoms with van der Waals surface area (Å²) in [4.78, 5) is 33.7. The number of benzene rings is 1. The lowest BCUT2D eigenvalue weighted by Gasteiger charge is -2.09. The van der Waals surface area contributed by atoms with E-state index in [1.54, 1.807) is 0 Å². The molecule has 0 aliphatic heterocycles. The Bertz CT molecular complexity index is 561. The van der Waals surface area contributed by atoms with Crippen LogP contribution in [0.25, 0.3) is 5.76 Å². The van der Waals surface area contributed by atoms with Crippen molar-refractivity contribution >= 4 is 23.1 Å². The van der Waals surface area contributed by atoms with Crippen LogP contribution in [0.4, 0.5) is 0 Å². The summed E-state index contributed by atoms with van der Waals surface area (Å²) >= 11 is 0. The van der Waals surface area contributed by atoms with Gasteiger partial charge in [-0.1, -0.05) is 0 Å². The third kappa shape index (κ3) is 3.28. The topological polar surface area (TPSA) is 91.7 Å². The molecule has 19 heavy (non-hydrogen) atoms. The standard InChI is InChI=1S/C14H14O5/c1-7(15)4-13(18)10-5-11(8(2)16)14(19)12(6-10)9(3)17/h4-6,18-19H,1-3H3/b13-4-. The maximum atomic E-state index is 11.4. The van der Waals surface area contributed by atoms with Gasteiger partial charge in [-0.2, -0.15) is 0 Å². The summed E-state index contributed by atoms with van der Waals surface area (Å²) in [6, 6.07) is 2.47. The van der Waals surface area contributed by atoms with Crippen LogP contribution < -0.4 is 0 Å². The molecule has 1 rings (SSSR count). The van der Waals surface area contributed by atoms with Crippen LogP contribution in [0.3, 0.4) is 0 Å². The molecule has 0 saturated carbocycles. The van der Waals surface area contributed by atoms with Crippen LogP contribution in [0.1, 0.15) is 47.1 Å². The van der Waals surface area contributed by atoms with Crippen LogP contribution in [0, 0.1) is 0 Å². The van der Waals surface area contributed by atoms with Crippen molar-refractivity contribution < 1.29 is 24.6 Å². The van der Waals surface area contributed by atoms with Gasteiger partial charge in [0.05, 0.1) is 11.1 Å². The van der Waals surface area contributed by atoms with Crippen molar-refractivity contribution in [2.75, 3.05) is 0 Å². The SMILES string of the molecule is CC(=O)/C=C(\O)c1cc(C(C)=O)c(O)c(C(C)=O)c1. The van der Waals surface area contributed by atoms with Gasteiger partial charge in [0.2, 0.25) is 0 Å². The first-order valence-electron chi connectivity index (χ1n) is 5.54. The molecule has 1 aromatic rings. The summed E-state index contributed by atoms with van der Waals surface area (Å²) in [5.74, 6) is -2.05. The zero-order valence-electron chi connectivity index (χ0n) is 10.9. The highest BCUT2D eigenvalue weighted by atomic mass is 16.3. The number of aliphatic hydroxyl groups is 1. The second-order valence-corrected chi connectivity index (χ2v) is 4.17. The van der Waals surface area contributed by atoms with Gasteiger partial charge in [0.1, 0.15) is 11.5 Å². The maximum absolute atomic E-state index is 11.4. The number of phenolic OH excluding ortho intramolecular Hbond substituents is 1. The van der Waals surface area contributed by atoms with Crippen molar-refractivity contribution in [3.63, 3.8) is 0 Å². The van der Waals surface area contributed by atoms with E-state index >= 15 is 0 Å². The van der Waals surface area contributed by atoms with Crippen LogP contribution in [0.5, 0.6) is 5.75 Å². The molecule has 0 aliphatic carbocycles. The Morgan fingerprint density at radius 3 is 1.74 bits per heavy atom. The largest absolute Gasteiger partial charge is 0.507 e. The van der Waals surface area contributed by atoms with Crippen molar-refractivity contribution in [1.82, 2.24) is 0 Å². The van der Waals surface area contributed by atoms with Crippen LogP contribution in [0.15, 0.2) is 18.2 Å². The van der Waals surface area contributed by atoms with E-state index in [-0.39, 0.29) is 28.2 Å². The Balaban J connectivity index is 3.56. The molecule has 0 bridgehead atoms. The van der Waals surface area contributed by atoms with Gasteiger partial charge in [0.15, 0.2) is 17.3 Å². The molecule has 5 nitrogen and oxygen atoms in total. The number of Topliss-reactive ketones (excluding diaryl/α,β-unsaturated/α-hetero) is 2. The van der Waals surface area contributed by atoms with E-state index in [1.165, 1.54) is 32.9 Å². The number of hydrogen-bond acceptors (Lipinski definition) is 5. The highest BCUT2D eigenvalue weighted by Gasteiger charge is 2.17. The molecule has 0 atom stereocenters. The molecule has 1 aromatic carbocycles. The molecule has 0 heterocycles. The Morgan fingerprint density at radius 2 is 1.42 bits per heavy atom. The first-order chi connectivity index (χ1) is 8.73. The third-order valence-corrected chi connectivity index (χ3v) is 2.50. The molecule has 100 valence electrons. The van der Waals surface area contributed by atoms with Gasteiger partial charge in [-0.05, 0) is 32.9 Å². The molecule has 0 saturated heterocycles. The number of carbonyl (C=O) groups is 3. The van der Waals surface area contributed by atoms with Crippen LogP contribution in [-0.4, -0.2) is 27.6 Å². The Morgan fingerprint density at radius 1 is 1.00 bits per heavy atom. The molecule has 0 spiro atoms. The van der Waals surface area contributed by atoms with E-state index in [9.17, 15) is 24.6 Å². The van der Waals surface area contributed by atoms with Crippen molar-refractivity contribution in [3.05, 3.63) is 34.9 Å². The Kier molecular flexibility index (Phi) is 4.22. The minimum Gasteiger partial charge on any atom is -0.507 e. The van der Waals surface area contributed by atoms with E-state index < -0.39 is 17.3 Å². The van der Waals surface area contributed by atoms with Gasteiger partial charge >= 0.3 is 0 Å². The van der Waals surface area contributed by atoms with Crippen LogP contribution in [0.2, 0.25) is 0 Å². The monoisotopic (exact) mass is 262 g/mol. The smallest absolute Gasteiger partial charge is 0.163 e. The number of phenols is 1. The molecule has 0 radical (unpaired) electrons. The molecular formula is C14H14O5. The van der Waals surface area contributed by atoms with E-state index in [0.717, 1.165) is 6.08 Å². The predicted octanol–water partition coefficient (Wildman–Crippen LogP) is 2.29. The lowest BCUT2D eigenvalue weighted by Crippen LogP contribution is -2.02. The summed E-state index contributed by atoms with van der Waals surface area (Å²) in [5, 5.41) is 19.5. The van der Waals surface area contributed by atoms with Crippen molar-refractivity contribution in [3.8, 4) is 5.75 Å². The van der Waals surface area contributed by atoms with E-state index in [1.807, 2.05) is 0 Å². The molecule has 2 N–H and O–H groups in total. The zero-order valence-corrected chi connectivity index (χ0v) is 10.9. The van der Waals surface area contributed by atoms with Gasteiger partial charge in [0.25, 0.3) is 0 Å². The molecule has 0 aliphatic rings. The molecule has 0 unspecified atom stereocenters. The molecule has 0 fully saturated rings. The van der Waals surface area contributed by atoms with E-state index in [2.05, 4.69) is 0 Å². The number of ketones is 3. The van der Waals surface area contributed by atoms with Crippen molar-refractivity contribution in [2.45, 2.75) is 20.8 Å². The summed E-state index contributed by atoms with van der Waals surface area (Å²) in [7, 11) is 0. The number of aromatic hydroxyl groups is 1. The maximum Gasteiger partial charge on any atom is 0.163 e. The average Bonchev–Trinajstić information content (AvgIpc) is 2.27. The van der Waals surface area contributed by atoms with Crippen LogP contribution >= 0.6 is 0 Å². The van der Waals surface area contributed by atoms with Gasteiger partial charge in [-0.15, -0.1) is 0 Å². The van der Waals surface area contributed by atoms with Gasteiger partial charge in [-0.25, -0.2) is 0 Å². The van der Waals surface area contributed by atoms with Gasteiger partial charge in [0, 0.05) is 11.6 Å². The molecule has 0 amide bonds. The van der Waals surface area contributed by atoms with Crippen LogP contribution in [-0.2, 0) is 4.79 Å². The number of aliphatic hydroxyl groups excluding tert-OH is 1. The fourth-order valence-corrected chi connectivity index (χ4v) is 1.59. The number of carbonyl (C=O) groups excluding carboxylic acids is 3. The van der Waals surface area contributed by atoms with Gasteiger partial charge in [-0.3, -0.25) is 14.4 Å². The van der Waals surface area contributed by atoms with Gasteiger partial charge < -0.3 is 10.2 Å². The molecule has 0 aromatic heterocycles. The molecule has 5 heteroatoms. The summed E-state index contributed by atoms with van der Waals surface area (Å²) < 4.78 is 0. The summed E-state index contributed by atoms with van der Waals surface area (Å²) in [6.45, 7) is 3.72. The first-order valence-corrected chi connectivity index (χ1v) is 5.54. The summed E-state index contributed by atoms with van der Waals surface area (Å²) in [6.07, 6.45) is 0.972. The second-order valence-electron chi connectivity index (χ2n) is 4.17. The quantitative estimate of drug-likeness (QED) is 0.493. The lowest BCUT2D eigenvalue weighted by atomic mass is 9.98. The van der Waals surface area contributed by atoms with Crippen molar-refractivity contribution in [2.24, 2.45) is 0 Å². The predicted molar refractivity (Wildman–Crippen MR) is 69.4 cm³/mol. The third-order valence-electron chi connectivity index (χ3n) is 2.50. The number of rotatable bonds is 4. The molecular weight excluding hydrogens is 248 g/mol. The normalized spacial score (nSPS) is 11.2. The second kappa shape index (κ2) is 5.48. The summed E-state index contributed by atoms with van der Waals surface area (Å²) in [5.41, 5.74) is -0.0270. The highest BCUT2D eigenvalue weighted by Crippen LogP contribution is 2.28. The Hall–Kier alpha value is -2.43. The first kappa shape index (κ1) is 14.6. The lowest BCUT2D eigenvalue weighted by molar-refractivity contribution is -0.112. The number of allylic oxidation sites excluding steroid dienone is 1. The van der Waals surface area contributed by atoms with Crippen molar-refractivity contribution in [1.29, 1.82) is 0 Å².